The number of ketones is 1. The van der Waals surface area contributed by atoms with Gasteiger partial charge in [-0.2, -0.15) is 8.78 Å². The summed E-state index contributed by atoms with van der Waals surface area (Å²) in [6.45, 7) is -0.801. The molecule has 1 saturated heterocycles. The third kappa shape index (κ3) is 4.69. The second-order valence-electron chi connectivity index (χ2n) is 6.21. The van der Waals surface area contributed by atoms with Crippen LogP contribution in [0, 0.1) is 0 Å². The molecular weight excluding hydrogens is 336 g/mol. The summed E-state index contributed by atoms with van der Waals surface area (Å²) in [5.74, 6) is -0.131. The van der Waals surface area contributed by atoms with Gasteiger partial charge in [-0.1, -0.05) is 18.2 Å². The Morgan fingerprint density at radius 3 is 2.38 bits per heavy atom. The van der Waals surface area contributed by atoms with Gasteiger partial charge < -0.3 is 9.64 Å². The Bertz CT molecular complexity index is 766. The first kappa shape index (κ1) is 18.1. The number of rotatable bonds is 6. The highest BCUT2D eigenvalue weighted by Crippen LogP contribution is 2.23. The number of carbonyl (C=O) groups is 1. The van der Waals surface area contributed by atoms with Crippen LogP contribution in [0.5, 0.6) is 5.75 Å². The lowest BCUT2D eigenvalue weighted by Crippen LogP contribution is -2.29. The summed E-state index contributed by atoms with van der Waals surface area (Å²) in [5.41, 5.74) is 2.13. The molecule has 0 aromatic heterocycles. The van der Waals surface area contributed by atoms with Crippen LogP contribution in [0.1, 0.15) is 35.2 Å². The van der Waals surface area contributed by atoms with Crippen molar-refractivity contribution in [3.63, 3.8) is 0 Å². The lowest BCUT2D eigenvalue weighted by molar-refractivity contribution is -0.0499. The van der Waals surface area contributed by atoms with Crippen molar-refractivity contribution in [3.8, 4) is 5.75 Å². The van der Waals surface area contributed by atoms with Crippen molar-refractivity contribution in [2.24, 2.45) is 0 Å². The lowest BCUT2D eigenvalue weighted by Gasteiger charge is -2.28. The molecule has 0 amide bonds. The summed E-state index contributed by atoms with van der Waals surface area (Å²) in [6.07, 6.45) is 6.55. The molecule has 0 N–H and O–H groups in total. The number of hydrogen-bond acceptors (Lipinski definition) is 3. The highest BCUT2D eigenvalue weighted by Gasteiger charge is 2.12. The molecule has 0 bridgehead atoms. The molecule has 0 spiro atoms. The number of carbonyl (C=O) groups excluding carboxylic acids is 1. The van der Waals surface area contributed by atoms with Gasteiger partial charge in [0.05, 0.1) is 0 Å². The number of hydrogen-bond donors (Lipinski definition) is 0. The number of benzene rings is 2. The van der Waals surface area contributed by atoms with Crippen molar-refractivity contribution in [2.45, 2.75) is 25.9 Å². The first-order valence-electron chi connectivity index (χ1n) is 8.75. The number of alkyl halides is 2. The van der Waals surface area contributed by atoms with E-state index in [9.17, 15) is 13.6 Å². The molecule has 3 rings (SSSR count). The zero-order chi connectivity index (χ0) is 18.4. The van der Waals surface area contributed by atoms with Gasteiger partial charge in [-0.15, -0.1) is 0 Å². The molecule has 1 heterocycles. The first-order chi connectivity index (χ1) is 12.6. The van der Waals surface area contributed by atoms with E-state index in [1.807, 2.05) is 12.1 Å². The standard InChI is InChI=1S/C21H21F2NO2/c22-21(23)26-20-7-3-2-6-17(20)10-13-19(25)16-8-11-18(12-9-16)24-14-4-1-5-15-24/h2-3,6-13,21H,1,4-5,14-15H2/b13-10+. The van der Waals surface area contributed by atoms with E-state index >= 15 is 0 Å². The van der Waals surface area contributed by atoms with Crippen molar-refractivity contribution in [1.29, 1.82) is 0 Å². The van der Waals surface area contributed by atoms with Crippen molar-refractivity contribution >= 4 is 17.5 Å². The molecule has 2 aromatic rings. The third-order valence-corrected chi connectivity index (χ3v) is 4.42. The second-order valence-corrected chi connectivity index (χ2v) is 6.21. The van der Waals surface area contributed by atoms with E-state index in [0.717, 1.165) is 18.8 Å². The van der Waals surface area contributed by atoms with Gasteiger partial charge in [0, 0.05) is 29.9 Å². The van der Waals surface area contributed by atoms with Crippen molar-refractivity contribution < 1.29 is 18.3 Å². The van der Waals surface area contributed by atoms with Crippen LogP contribution in [-0.4, -0.2) is 25.5 Å². The quantitative estimate of drug-likeness (QED) is 0.527. The smallest absolute Gasteiger partial charge is 0.387 e. The molecule has 0 aliphatic carbocycles. The summed E-state index contributed by atoms with van der Waals surface area (Å²) in [6, 6.07) is 13.9. The van der Waals surface area contributed by atoms with E-state index in [0.29, 0.717) is 11.1 Å². The maximum absolute atomic E-state index is 12.4. The molecule has 3 nitrogen and oxygen atoms in total. The Labute approximate surface area is 151 Å². The normalized spacial score (nSPS) is 14.8. The van der Waals surface area contributed by atoms with Gasteiger partial charge in [0.15, 0.2) is 5.78 Å². The third-order valence-electron chi connectivity index (χ3n) is 4.42. The number of allylic oxidation sites excluding steroid dienone is 1. The minimum absolute atomic E-state index is 0.0481. The first-order valence-corrected chi connectivity index (χ1v) is 8.75. The largest absolute Gasteiger partial charge is 0.434 e. The highest BCUT2D eigenvalue weighted by atomic mass is 19.3. The molecule has 0 saturated carbocycles. The topological polar surface area (TPSA) is 29.5 Å². The molecule has 136 valence electrons. The van der Waals surface area contributed by atoms with Crippen LogP contribution in [0.25, 0.3) is 6.08 Å². The number of halogens is 2. The van der Waals surface area contributed by atoms with Crippen LogP contribution in [0.4, 0.5) is 14.5 Å². The summed E-state index contributed by atoms with van der Waals surface area (Å²) in [4.78, 5) is 14.7. The molecule has 0 unspecified atom stereocenters. The summed E-state index contributed by atoms with van der Waals surface area (Å²) >= 11 is 0. The van der Waals surface area contributed by atoms with Gasteiger partial charge in [-0.25, -0.2) is 0 Å². The number of piperidine rings is 1. The summed E-state index contributed by atoms with van der Waals surface area (Å²) in [5, 5.41) is 0. The average Bonchev–Trinajstić information content (AvgIpc) is 2.67. The highest BCUT2D eigenvalue weighted by molar-refractivity contribution is 6.07. The Hall–Kier alpha value is -2.69. The fraction of sp³-hybridized carbons (Fsp3) is 0.286. The molecule has 1 aliphatic rings. The zero-order valence-corrected chi connectivity index (χ0v) is 14.4. The molecule has 26 heavy (non-hydrogen) atoms. The second kappa shape index (κ2) is 8.61. The van der Waals surface area contributed by atoms with Gasteiger partial charge in [0.1, 0.15) is 5.75 Å². The maximum atomic E-state index is 12.4. The number of anilines is 1. The Morgan fingerprint density at radius 1 is 1.00 bits per heavy atom. The molecular formula is C21H21F2NO2. The molecule has 2 aromatic carbocycles. The van der Waals surface area contributed by atoms with E-state index in [2.05, 4.69) is 9.64 Å². The van der Waals surface area contributed by atoms with Crippen LogP contribution in [0.2, 0.25) is 0 Å². The van der Waals surface area contributed by atoms with E-state index in [-0.39, 0.29) is 11.5 Å². The van der Waals surface area contributed by atoms with Crippen LogP contribution in [0.3, 0.4) is 0 Å². The van der Waals surface area contributed by atoms with Crippen LogP contribution in [-0.2, 0) is 0 Å². The number of nitrogens with zero attached hydrogens (tertiary/aromatic N) is 1. The van der Waals surface area contributed by atoms with Gasteiger partial charge in [0.2, 0.25) is 0 Å². The average molecular weight is 357 g/mol. The Kier molecular flexibility index (Phi) is 6.00. The zero-order valence-electron chi connectivity index (χ0n) is 14.4. The van der Waals surface area contributed by atoms with Gasteiger partial charge in [0.25, 0.3) is 0 Å². The number of ether oxygens (including phenoxy) is 1. The molecule has 1 aliphatic heterocycles. The predicted octanol–water partition coefficient (Wildman–Crippen LogP) is 5.17. The van der Waals surface area contributed by atoms with Gasteiger partial charge in [-0.3, -0.25) is 4.79 Å². The van der Waals surface area contributed by atoms with Crippen LogP contribution in [0.15, 0.2) is 54.6 Å². The maximum Gasteiger partial charge on any atom is 0.387 e. The van der Waals surface area contributed by atoms with E-state index < -0.39 is 6.61 Å². The molecule has 1 fully saturated rings. The van der Waals surface area contributed by atoms with Gasteiger partial charge in [-0.05, 0) is 61.7 Å². The van der Waals surface area contributed by atoms with Gasteiger partial charge >= 0.3 is 6.61 Å². The minimum Gasteiger partial charge on any atom is -0.434 e. The van der Waals surface area contributed by atoms with Crippen LogP contribution >= 0.6 is 0 Å². The van der Waals surface area contributed by atoms with Crippen LogP contribution < -0.4 is 9.64 Å². The molecule has 0 atom stereocenters. The Morgan fingerprint density at radius 2 is 1.69 bits per heavy atom. The van der Waals surface area contributed by atoms with E-state index in [1.54, 1.807) is 30.3 Å². The van der Waals surface area contributed by atoms with E-state index in [1.165, 1.54) is 37.5 Å². The minimum atomic E-state index is -2.90. The fourth-order valence-electron chi connectivity index (χ4n) is 3.07. The lowest BCUT2D eigenvalue weighted by atomic mass is 10.1. The summed E-state index contributed by atoms with van der Waals surface area (Å²) < 4.78 is 29.3. The van der Waals surface area contributed by atoms with Crippen molar-refractivity contribution in [2.75, 3.05) is 18.0 Å². The monoisotopic (exact) mass is 357 g/mol. The van der Waals surface area contributed by atoms with Crippen molar-refractivity contribution in [1.82, 2.24) is 0 Å². The predicted molar refractivity (Wildman–Crippen MR) is 98.9 cm³/mol. The molecule has 0 radical (unpaired) electrons. The van der Waals surface area contributed by atoms with Crippen molar-refractivity contribution in [3.05, 3.63) is 65.7 Å². The number of para-hydroxylation sites is 1. The fourth-order valence-corrected chi connectivity index (χ4v) is 3.07. The molecule has 5 heteroatoms. The Balaban J connectivity index is 1.69. The summed E-state index contributed by atoms with van der Waals surface area (Å²) in [7, 11) is 0. The SMILES string of the molecule is O=C(/C=C/c1ccccc1OC(F)F)c1ccc(N2CCCCC2)cc1. The van der Waals surface area contributed by atoms with E-state index in [4.69, 9.17) is 0 Å².